The van der Waals surface area contributed by atoms with Gasteiger partial charge >= 0.3 is 0 Å². The van der Waals surface area contributed by atoms with Crippen LogP contribution in [0.5, 0.6) is 11.5 Å². The van der Waals surface area contributed by atoms with Crippen LogP contribution in [0.25, 0.3) is 0 Å². The Morgan fingerprint density at radius 3 is 2.22 bits per heavy atom. The zero-order valence-electron chi connectivity index (χ0n) is 44.8. The number of amides is 4. The van der Waals surface area contributed by atoms with Gasteiger partial charge in [0.25, 0.3) is 0 Å². The highest BCUT2D eigenvalue weighted by molar-refractivity contribution is 8.17. The summed E-state index contributed by atoms with van der Waals surface area (Å²) in [4.78, 5) is 65.7. The van der Waals surface area contributed by atoms with Gasteiger partial charge in [0.15, 0.2) is 21.8 Å². The van der Waals surface area contributed by atoms with Gasteiger partial charge in [-0.1, -0.05) is 61.7 Å². The van der Waals surface area contributed by atoms with E-state index in [1.807, 2.05) is 17.8 Å². The summed E-state index contributed by atoms with van der Waals surface area (Å²) in [6.07, 6.45) is 17.9. The molecular weight excluding hydrogens is 1010 g/mol. The Morgan fingerprint density at radius 1 is 0.829 bits per heavy atom. The van der Waals surface area contributed by atoms with Crippen molar-refractivity contribution in [2.24, 2.45) is 21.8 Å². The van der Waals surface area contributed by atoms with Crippen LogP contribution < -0.4 is 31.3 Å². The number of carbonyl (C=O) groups is 4. The highest BCUT2D eigenvalue weighted by Crippen LogP contribution is 2.65. The lowest BCUT2D eigenvalue weighted by Crippen LogP contribution is -2.78. The summed E-state index contributed by atoms with van der Waals surface area (Å²) in [6.45, 7) is 7.84. The van der Waals surface area contributed by atoms with E-state index in [0.29, 0.717) is 68.9 Å². The lowest BCUT2D eigenvalue weighted by molar-refractivity contribution is -0.192. The Morgan fingerprint density at radius 2 is 1.51 bits per heavy atom. The zero-order chi connectivity index (χ0) is 52.9. The molecule has 0 unspecified atom stereocenters. The topological polar surface area (TPSA) is 228 Å². The van der Waals surface area contributed by atoms with Crippen LogP contribution in [0.2, 0.25) is 0 Å². The van der Waals surface area contributed by atoms with Crippen molar-refractivity contribution in [2.45, 2.75) is 183 Å². The number of aromatic hydroxyl groups is 1. The molecule has 5 aliphatic carbocycles. The van der Waals surface area contributed by atoms with Crippen LogP contribution in [0.1, 0.15) is 141 Å². The number of hydrogen-bond acceptors (Lipinski definition) is 15. The van der Waals surface area contributed by atoms with Gasteiger partial charge in [-0.25, -0.2) is 0 Å². The second-order valence-electron chi connectivity index (χ2n) is 23.8. The monoisotopic (exact) mass is 1090 g/mol. The van der Waals surface area contributed by atoms with Crippen molar-refractivity contribution < 1.29 is 43.6 Å². The van der Waals surface area contributed by atoms with Crippen molar-refractivity contribution in [1.82, 2.24) is 36.4 Å². The summed E-state index contributed by atoms with van der Waals surface area (Å²) in [7, 11) is 0. The number of aliphatic imine (C=N–C) groups is 2. The first-order chi connectivity index (χ1) is 36.8. The summed E-state index contributed by atoms with van der Waals surface area (Å²) in [5, 5.41) is 43.6. The van der Waals surface area contributed by atoms with E-state index in [-0.39, 0.29) is 73.4 Å². The van der Waals surface area contributed by atoms with E-state index in [1.54, 1.807) is 17.8 Å². The molecule has 7 N–H and O–H groups in total. The number of ether oxygens (including phenoxy) is 3. The number of carbonyl (C=O) groups excluding carboxylic acids is 4. The van der Waals surface area contributed by atoms with Crippen LogP contribution >= 0.6 is 23.5 Å². The number of thioether (sulfide) groups is 2. The Balaban J connectivity index is 0.542. The van der Waals surface area contributed by atoms with Crippen molar-refractivity contribution in [3.63, 3.8) is 0 Å². The number of nitrogens with one attached hydrogen (secondary N) is 5. The van der Waals surface area contributed by atoms with E-state index in [4.69, 9.17) is 24.2 Å². The van der Waals surface area contributed by atoms with Gasteiger partial charge in [-0.05, 0) is 139 Å². The minimum absolute atomic E-state index is 0.0402. The number of phenolic OH excluding ortho intramolecular Hbond substituents is 1. The number of amidine groups is 2. The van der Waals surface area contributed by atoms with Crippen LogP contribution in [0.4, 0.5) is 0 Å². The first kappa shape index (κ1) is 55.2. The molecule has 1 saturated heterocycles. The zero-order valence-corrected chi connectivity index (χ0v) is 46.5. The lowest BCUT2D eigenvalue weighted by atomic mass is 9.48. The summed E-state index contributed by atoms with van der Waals surface area (Å²) in [6, 6.07) is 4.00. The molecule has 76 heavy (non-hydrogen) atoms. The molecule has 18 nitrogen and oxygen atoms in total. The molecule has 5 fully saturated rings. The van der Waals surface area contributed by atoms with Crippen molar-refractivity contribution in [3.05, 3.63) is 34.4 Å². The molecule has 418 valence electrons. The number of phenols is 1. The van der Waals surface area contributed by atoms with Crippen molar-refractivity contribution in [3.8, 4) is 11.5 Å². The maximum atomic E-state index is 13.2. The molecule has 1 spiro atoms. The number of fused-ring (bicyclic) bond motifs is 1. The Bertz CT molecular complexity index is 2370. The predicted molar refractivity (Wildman–Crippen MR) is 295 cm³/mol. The van der Waals surface area contributed by atoms with Crippen molar-refractivity contribution in [1.29, 1.82) is 0 Å². The number of aliphatic hydroxyl groups is 1. The first-order valence-electron chi connectivity index (χ1n) is 28.7. The number of piperidine rings is 1. The van der Waals surface area contributed by atoms with Gasteiger partial charge in [0.2, 0.25) is 23.6 Å². The SMILES string of the molecule is CC1(C)CN2C(CSC(=NC3CCC(CNC(=O)COCC(=O)NCCCCCCNC(=O)COCC(=O)N[C@@H]4CC[C@@]5(O)[C@H]6Cc7ccc(O)c8c7[C@@]5(CCN6CC5CC5)[C@H]4O8)CC3)NC3CCCCC3)=CSC2=N1. The smallest absolute Gasteiger partial charge is 0.246 e. The molecule has 1 aromatic rings. The molecule has 0 aromatic heterocycles. The van der Waals surface area contributed by atoms with Gasteiger partial charge < -0.3 is 55.9 Å². The fourth-order valence-electron chi connectivity index (χ4n) is 13.6. The molecule has 4 amide bonds. The molecular formula is C56H83N9O9S2. The maximum absolute atomic E-state index is 13.2. The van der Waals surface area contributed by atoms with Crippen molar-refractivity contribution in [2.75, 3.05) is 71.4 Å². The predicted octanol–water partition coefficient (Wildman–Crippen LogP) is 4.99. The third-order valence-corrected chi connectivity index (χ3v) is 19.5. The average molecular weight is 1090 g/mol. The van der Waals surface area contributed by atoms with Gasteiger partial charge in [-0.15, -0.1) is 0 Å². The summed E-state index contributed by atoms with van der Waals surface area (Å²) in [5.74, 6) is 1.34. The van der Waals surface area contributed by atoms with E-state index in [0.717, 1.165) is 98.2 Å². The van der Waals surface area contributed by atoms with E-state index < -0.39 is 23.2 Å². The number of hydrogen-bond donors (Lipinski definition) is 7. The third-order valence-electron chi connectivity index (χ3n) is 17.6. The maximum Gasteiger partial charge on any atom is 0.246 e. The Labute approximate surface area is 457 Å². The molecule has 4 aliphatic heterocycles. The minimum Gasteiger partial charge on any atom is -0.504 e. The molecule has 4 saturated carbocycles. The van der Waals surface area contributed by atoms with E-state index >= 15 is 0 Å². The number of likely N-dealkylation sites (tertiary alicyclic amines) is 1. The Kier molecular flexibility index (Phi) is 17.8. The second-order valence-corrected chi connectivity index (χ2v) is 25.6. The fraction of sp³-hybridized carbons (Fsp3) is 0.750. The van der Waals surface area contributed by atoms with Crippen LogP contribution in [0.15, 0.2) is 33.2 Å². The normalized spacial score (nSPS) is 29.4. The molecule has 5 atom stereocenters. The van der Waals surface area contributed by atoms with Gasteiger partial charge in [0.05, 0.1) is 28.6 Å². The van der Waals surface area contributed by atoms with Crippen LogP contribution in [-0.4, -0.2) is 167 Å². The highest BCUT2D eigenvalue weighted by atomic mass is 32.2. The van der Waals surface area contributed by atoms with Gasteiger partial charge in [0.1, 0.15) is 32.5 Å². The number of benzene rings is 1. The number of unbranched alkanes of at least 4 members (excludes halogenated alkanes) is 3. The van der Waals surface area contributed by atoms with Gasteiger partial charge in [0, 0.05) is 61.8 Å². The molecule has 1 aromatic carbocycles. The van der Waals surface area contributed by atoms with Crippen LogP contribution in [0.3, 0.4) is 0 Å². The third kappa shape index (κ3) is 12.8. The summed E-state index contributed by atoms with van der Waals surface area (Å²) in [5.41, 5.74) is 1.54. The number of rotatable bonds is 24. The van der Waals surface area contributed by atoms with Crippen molar-refractivity contribution >= 4 is 57.5 Å². The van der Waals surface area contributed by atoms with Crippen LogP contribution in [-0.2, 0) is 40.5 Å². The standard InChI is InChI=1S/C56H83N9O9S2/c1-54(2)35-65-41(34-76-53(65)63-54)33-75-52(60-39-10-6-5-7-11-39)61-40-17-14-36(15-18-40)27-59-47(69)31-72-29-45(67)57-23-8-3-4-9-24-58-46(68)30-73-32-48(70)62-42-20-21-56(71)44-26-38-16-19-43(66)50-49(38)55(56,51(42)74-50)22-25-64(44)28-37-12-13-37/h16,19,34,36-37,39-40,42,44,51,66,71H,3-15,17-18,20-33,35H2,1-2H3,(H,57,67)(H,58,68)(H,59,69)(H,60,61)(H,62,70)/t36?,40?,42-,44-,51+,55+,56-/m1/s1. The molecule has 20 heteroatoms. The largest absolute Gasteiger partial charge is 0.504 e. The first-order valence-corrected chi connectivity index (χ1v) is 30.6. The molecule has 4 heterocycles. The minimum atomic E-state index is -1.03. The fourth-order valence-corrected chi connectivity index (χ4v) is 15.7. The number of nitrogens with zero attached hydrogens (tertiary/aromatic N) is 4. The van der Waals surface area contributed by atoms with Gasteiger partial charge in [-0.2, -0.15) is 0 Å². The summed E-state index contributed by atoms with van der Waals surface area (Å²) >= 11 is 3.56. The Hall–Kier alpha value is -4.08. The van der Waals surface area contributed by atoms with Gasteiger partial charge in [-0.3, -0.25) is 34.1 Å². The lowest BCUT2D eigenvalue weighted by Gasteiger charge is -2.64. The molecule has 0 radical (unpaired) electrons. The molecule has 9 aliphatic rings. The average Bonchev–Trinajstić information content (AvgIpc) is 3.90. The highest BCUT2D eigenvalue weighted by Gasteiger charge is 2.73. The van der Waals surface area contributed by atoms with E-state index in [2.05, 4.69) is 55.6 Å². The van der Waals surface area contributed by atoms with E-state index in [1.165, 1.54) is 50.6 Å². The van der Waals surface area contributed by atoms with E-state index in [9.17, 15) is 29.4 Å². The summed E-state index contributed by atoms with van der Waals surface area (Å²) < 4.78 is 17.5. The van der Waals surface area contributed by atoms with Crippen LogP contribution in [0, 0.1) is 11.8 Å². The quantitative estimate of drug-likeness (QED) is 0.0412. The molecule has 10 rings (SSSR count). The second kappa shape index (κ2) is 24.5. The molecule has 2 bridgehead atoms.